The Hall–Kier alpha value is -1.54. The van der Waals surface area contributed by atoms with Crippen LogP contribution in [-0.4, -0.2) is 17.8 Å². The van der Waals surface area contributed by atoms with Crippen LogP contribution in [0.4, 0.5) is 0 Å². The van der Waals surface area contributed by atoms with Crippen molar-refractivity contribution in [2.45, 2.75) is 26.3 Å². The first-order chi connectivity index (χ1) is 9.60. The highest BCUT2D eigenvalue weighted by Gasteiger charge is 2.14. The first-order valence-corrected chi connectivity index (χ1v) is 7.49. The van der Waals surface area contributed by atoms with Crippen molar-refractivity contribution in [1.29, 1.82) is 0 Å². The van der Waals surface area contributed by atoms with E-state index in [1.54, 1.807) is 0 Å². The summed E-state index contributed by atoms with van der Waals surface area (Å²) >= 11 is 5.92. The van der Waals surface area contributed by atoms with Gasteiger partial charge in [-0.15, -0.1) is 11.6 Å². The maximum absolute atomic E-state index is 12.3. The molecule has 1 N–H and O–H groups in total. The lowest BCUT2D eigenvalue weighted by molar-refractivity contribution is 0.0937. The maximum atomic E-state index is 12.3. The summed E-state index contributed by atoms with van der Waals surface area (Å²) in [6, 6.07) is 13.8. The molecule has 2 rings (SSSR count). The van der Waals surface area contributed by atoms with Crippen LogP contribution in [0, 0.1) is 5.92 Å². The van der Waals surface area contributed by atoms with Crippen LogP contribution in [0.25, 0.3) is 10.8 Å². The van der Waals surface area contributed by atoms with E-state index in [0.29, 0.717) is 17.4 Å². The van der Waals surface area contributed by atoms with Crippen molar-refractivity contribution in [3.8, 4) is 0 Å². The smallest absolute Gasteiger partial charge is 0.251 e. The monoisotopic (exact) mass is 289 g/mol. The number of hydrogen-bond acceptors (Lipinski definition) is 1. The third kappa shape index (κ3) is 3.73. The van der Waals surface area contributed by atoms with Crippen molar-refractivity contribution in [2.24, 2.45) is 5.92 Å². The van der Waals surface area contributed by atoms with Gasteiger partial charge in [0, 0.05) is 17.5 Å². The highest BCUT2D eigenvalue weighted by atomic mass is 35.5. The molecule has 106 valence electrons. The van der Waals surface area contributed by atoms with Gasteiger partial charge in [0.05, 0.1) is 0 Å². The molecule has 0 aliphatic heterocycles. The highest BCUT2D eigenvalue weighted by molar-refractivity contribution is 6.18. The number of carbonyl (C=O) groups excluding carboxylic acids is 1. The van der Waals surface area contributed by atoms with Crippen molar-refractivity contribution in [1.82, 2.24) is 5.32 Å². The fourth-order valence-electron chi connectivity index (χ4n) is 2.33. The average molecular weight is 290 g/mol. The molecule has 0 aliphatic rings. The van der Waals surface area contributed by atoms with E-state index < -0.39 is 0 Å². The molecule has 1 amide bonds. The van der Waals surface area contributed by atoms with Crippen LogP contribution in [0.1, 0.15) is 30.6 Å². The number of alkyl halides is 1. The highest BCUT2D eigenvalue weighted by Crippen LogP contribution is 2.16. The largest absolute Gasteiger partial charge is 0.348 e. The van der Waals surface area contributed by atoms with Gasteiger partial charge in [0.1, 0.15) is 0 Å². The molecule has 1 atom stereocenters. The molecule has 0 saturated carbocycles. The quantitative estimate of drug-likeness (QED) is 0.820. The summed E-state index contributed by atoms with van der Waals surface area (Å²) in [4.78, 5) is 12.3. The van der Waals surface area contributed by atoms with Crippen LogP contribution in [0.3, 0.4) is 0 Å². The Bertz CT molecular complexity index is 594. The second-order valence-corrected chi connectivity index (χ2v) is 5.82. The number of hydrogen-bond donors (Lipinski definition) is 1. The van der Waals surface area contributed by atoms with Gasteiger partial charge in [-0.1, -0.05) is 44.2 Å². The molecule has 0 fully saturated rings. The molecule has 0 heterocycles. The molecular formula is C17H20ClNO. The lowest BCUT2D eigenvalue weighted by Gasteiger charge is -2.18. The summed E-state index contributed by atoms with van der Waals surface area (Å²) in [5.74, 6) is 0.898. The van der Waals surface area contributed by atoms with Gasteiger partial charge < -0.3 is 5.32 Å². The standard InChI is InChI=1S/C17H20ClNO/c1-12(2)9-16(11-18)19-17(20)15-8-7-13-5-3-4-6-14(13)10-15/h3-8,10,12,16H,9,11H2,1-2H3,(H,19,20). The Morgan fingerprint density at radius 3 is 2.50 bits per heavy atom. The van der Waals surface area contributed by atoms with E-state index in [1.165, 1.54) is 0 Å². The van der Waals surface area contributed by atoms with Crippen LogP contribution < -0.4 is 5.32 Å². The first-order valence-electron chi connectivity index (χ1n) is 6.95. The summed E-state index contributed by atoms with van der Waals surface area (Å²) < 4.78 is 0. The predicted molar refractivity (Wildman–Crippen MR) is 85.4 cm³/mol. The Labute approximate surface area is 125 Å². The van der Waals surface area contributed by atoms with Crippen LogP contribution >= 0.6 is 11.6 Å². The third-order valence-corrected chi connectivity index (χ3v) is 3.66. The summed E-state index contributed by atoms with van der Waals surface area (Å²) in [6.07, 6.45) is 0.892. The molecular weight excluding hydrogens is 270 g/mol. The molecule has 0 aliphatic carbocycles. The minimum absolute atomic E-state index is 0.0237. The van der Waals surface area contributed by atoms with Gasteiger partial charge in [0.2, 0.25) is 0 Å². The minimum atomic E-state index is -0.0537. The minimum Gasteiger partial charge on any atom is -0.348 e. The topological polar surface area (TPSA) is 29.1 Å². The van der Waals surface area contributed by atoms with Gasteiger partial charge in [-0.05, 0) is 35.2 Å². The number of rotatable bonds is 5. The molecule has 0 aromatic heterocycles. The molecule has 2 nitrogen and oxygen atoms in total. The van der Waals surface area contributed by atoms with Crippen molar-refractivity contribution >= 4 is 28.3 Å². The van der Waals surface area contributed by atoms with Gasteiger partial charge in [0.15, 0.2) is 0 Å². The Balaban J connectivity index is 2.14. The first kappa shape index (κ1) is 14.9. The molecule has 0 radical (unpaired) electrons. The van der Waals surface area contributed by atoms with Crippen molar-refractivity contribution in [2.75, 3.05) is 5.88 Å². The fourth-order valence-corrected chi connectivity index (χ4v) is 2.53. The molecule has 20 heavy (non-hydrogen) atoms. The van der Waals surface area contributed by atoms with Crippen LogP contribution in [0.15, 0.2) is 42.5 Å². The number of halogens is 1. The van der Waals surface area contributed by atoms with E-state index >= 15 is 0 Å². The van der Waals surface area contributed by atoms with Crippen LogP contribution in [-0.2, 0) is 0 Å². The van der Waals surface area contributed by atoms with Crippen molar-refractivity contribution in [3.63, 3.8) is 0 Å². The van der Waals surface area contributed by atoms with E-state index in [9.17, 15) is 4.79 Å². The number of amides is 1. The number of benzene rings is 2. The van der Waals surface area contributed by atoms with Gasteiger partial charge >= 0.3 is 0 Å². The Morgan fingerprint density at radius 2 is 1.85 bits per heavy atom. The molecule has 0 spiro atoms. The summed E-state index contributed by atoms with van der Waals surface area (Å²) in [7, 11) is 0. The molecule has 2 aromatic carbocycles. The van der Waals surface area contributed by atoms with Crippen molar-refractivity contribution in [3.05, 3.63) is 48.0 Å². The fraction of sp³-hybridized carbons (Fsp3) is 0.353. The molecule has 1 unspecified atom stereocenters. The van der Waals surface area contributed by atoms with Crippen LogP contribution in [0.2, 0.25) is 0 Å². The molecule has 2 aromatic rings. The average Bonchev–Trinajstić information content (AvgIpc) is 2.45. The van der Waals surface area contributed by atoms with Crippen LogP contribution in [0.5, 0.6) is 0 Å². The zero-order valence-corrected chi connectivity index (χ0v) is 12.7. The third-order valence-electron chi connectivity index (χ3n) is 3.29. The number of nitrogens with one attached hydrogen (secondary N) is 1. The van der Waals surface area contributed by atoms with E-state index in [1.807, 2.05) is 42.5 Å². The predicted octanol–water partition coefficient (Wildman–Crippen LogP) is 4.22. The lowest BCUT2D eigenvalue weighted by atomic mass is 10.0. The van der Waals surface area contributed by atoms with Gasteiger partial charge in [-0.3, -0.25) is 4.79 Å². The summed E-state index contributed by atoms with van der Waals surface area (Å²) in [5.41, 5.74) is 0.683. The zero-order valence-electron chi connectivity index (χ0n) is 11.9. The second-order valence-electron chi connectivity index (χ2n) is 5.52. The van der Waals surface area contributed by atoms with Crippen molar-refractivity contribution < 1.29 is 4.79 Å². The van der Waals surface area contributed by atoms with E-state index in [-0.39, 0.29) is 11.9 Å². The maximum Gasteiger partial charge on any atom is 0.251 e. The van der Waals surface area contributed by atoms with Gasteiger partial charge in [0.25, 0.3) is 5.91 Å². The van der Waals surface area contributed by atoms with Gasteiger partial charge in [-0.2, -0.15) is 0 Å². The Kier molecular flexibility index (Phi) is 5.02. The SMILES string of the molecule is CC(C)CC(CCl)NC(=O)c1ccc2ccccc2c1. The second kappa shape index (κ2) is 6.76. The van der Waals surface area contributed by atoms with E-state index in [4.69, 9.17) is 11.6 Å². The molecule has 0 bridgehead atoms. The van der Waals surface area contributed by atoms with E-state index in [0.717, 1.165) is 17.2 Å². The number of fused-ring (bicyclic) bond motifs is 1. The summed E-state index contributed by atoms with van der Waals surface area (Å²) in [5, 5.41) is 5.22. The summed E-state index contributed by atoms with van der Waals surface area (Å²) in [6.45, 7) is 4.25. The normalized spacial score (nSPS) is 12.6. The molecule has 0 saturated heterocycles. The lowest BCUT2D eigenvalue weighted by Crippen LogP contribution is -2.37. The molecule has 3 heteroatoms. The number of carbonyl (C=O) groups is 1. The Morgan fingerprint density at radius 1 is 1.15 bits per heavy atom. The van der Waals surface area contributed by atoms with Gasteiger partial charge in [-0.25, -0.2) is 0 Å². The van der Waals surface area contributed by atoms with E-state index in [2.05, 4.69) is 19.2 Å². The zero-order chi connectivity index (χ0) is 14.5.